The van der Waals surface area contributed by atoms with E-state index in [0.717, 1.165) is 29.2 Å². The summed E-state index contributed by atoms with van der Waals surface area (Å²) in [6.07, 6.45) is 7.85. The van der Waals surface area contributed by atoms with Gasteiger partial charge in [-0.05, 0) is 53.3 Å². The Balaban J connectivity index is -0.000000533. The molecule has 0 radical (unpaired) electrons. The van der Waals surface area contributed by atoms with Crippen LogP contribution >= 0.6 is 11.3 Å². The molecule has 2 rings (SSSR count). The number of nitrogens with one attached hydrogen (secondary N) is 1. The van der Waals surface area contributed by atoms with Crippen LogP contribution in [0.5, 0.6) is 0 Å². The van der Waals surface area contributed by atoms with Gasteiger partial charge in [0.25, 0.3) is 5.91 Å². The molecule has 1 unspecified atom stereocenters. The first-order valence-corrected chi connectivity index (χ1v) is 13.8. The number of aryl methyl sites for hydroxylation is 1. The molecule has 6 heteroatoms. The molecule has 1 heterocycles. The topological polar surface area (TPSA) is 54.5 Å². The average molecular weight is 498 g/mol. The number of carbonyl (C=O) groups is 1. The molecule has 0 aromatic carbocycles. The Morgan fingerprint density at radius 3 is 2.03 bits per heavy atom. The zero-order valence-electron chi connectivity index (χ0n) is 24.8. The van der Waals surface area contributed by atoms with Crippen LogP contribution in [0, 0.1) is 6.92 Å². The van der Waals surface area contributed by atoms with E-state index in [4.69, 9.17) is 4.74 Å². The van der Waals surface area contributed by atoms with Gasteiger partial charge in [-0.15, -0.1) is 11.3 Å². The van der Waals surface area contributed by atoms with Crippen molar-refractivity contribution in [1.29, 1.82) is 0 Å². The SMILES string of the molecule is CC.CC.CCCC.CCN(C)C(C)C.CNC(=O)c1sc(C2=CCC(OC)C(C)=C2)nc1C. The van der Waals surface area contributed by atoms with E-state index < -0.39 is 0 Å². The minimum Gasteiger partial charge on any atom is -0.377 e. The van der Waals surface area contributed by atoms with Crippen LogP contribution in [-0.4, -0.2) is 55.7 Å². The number of methoxy groups -OCH3 is 1. The quantitative estimate of drug-likeness (QED) is 0.436. The Morgan fingerprint density at radius 2 is 1.71 bits per heavy atom. The summed E-state index contributed by atoms with van der Waals surface area (Å²) in [5.41, 5.74) is 3.04. The molecule has 1 amide bonds. The molecule has 0 aliphatic heterocycles. The van der Waals surface area contributed by atoms with Crippen molar-refractivity contribution in [3.8, 4) is 0 Å². The number of hydrogen-bond donors (Lipinski definition) is 1. The van der Waals surface area contributed by atoms with Crippen LogP contribution in [0.15, 0.2) is 17.7 Å². The summed E-state index contributed by atoms with van der Waals surface area (Å²) in [5.74, 6) is -0.0758. The third-order valence-electron chi connectivity index (χ3n) is 5.08. The fraction of sp³-hybridized carbons (Fsp3) is 0.714. The molecule has 0 saturated heterocycles. The van der Waals surface area contributed by atoms with Crippen molar-refractivity contribution < 1.29 is 9.53 Å². The Morgan fingerprint density at radius 1 is 1.18 bits per heavy atom. The lowest BCUT2D eigenvalue weighted by molar-refractivity contribution is 0.0966. The average Bonchev–Trinajstić information content (AvgIpc) is 3.27. The lowest BCUT2D eigenvalue weighted by Crippen LogP contribution is -2.25. The van der Waals surface area contributed by atoms with Gasteiger partial charge in [0.1, 0.15) is 9.88 Å². The van der Waals surface area contributed by atoms with Crippen LogP contribution in [0.4, 0.5) is 0 Å². The van der Waals surface area contributed by atoms with E-state index in [2.05, 4.69) is 75.9 Å². The Bertz CT molecular complexity index is 692. The summed E-state index contributed by atoms with van der Waals surface area (Å²) in [6.45, 7) is 24.0. The predicted molar refractivity (Wildman–Crippen MR) is 154 cm³/mol. The lowest BCUT2D eigenvalue weighted by Gasteiger charge is -2.19. The molecule has 0 spiro atoms. The standard InChI is InChI=1S/C14H18N2O2S.C6H15N.C4H10.2C2H6/c1-8-7-10(5-6-11(8)18-4)14-16-9(2)12(19-14)13(17)15-3;1-5-7(4)6(2)3;1-3-4-2;2*1-2/h5,7,11H,6H2,1-4H3,(H,15,17);6H,5H2,1-4H3;3-4H2,1-2H3;2*1-2H3. The number of nitrogens with zero attached hydrogens (tertiary/aromatic N) is 2. The molecular weight excluding hydrogens is 442 g/mol. The monoisotopic (exact) mass is 497 g/mol. The molecule has 1 aromatic rings. The van der Waals surface area contributed by atoms with Crippen molar-refractivity contribution in [3.63, 3.8) is 0 Å². The van der Waals surface area contributed by atoms with Gasteiger partial charge in [0, 0.05) is 25.8 Å². The molecule has 1 aliphatic rings. The molecule has 0 bridgehead atoms. The molecule has 1 N–H and O–H groups in total. The second-order valence-electron chi connectivity index (χ2n) is 7.69. The minimum atomic E-state index is -0.0758. The lowest BCUT2D eigenvalue weighted by atomic mass is 9.98. The van der Waals surface area contributed by atoms with Crippen LogP contribution in [0.25, 0.3) is 5.57 Å². The van der Waals surface area contributed by atoms with E-state index in [1.54, 1.807) is 14.2 Å². The minimum absolute atomic E-state index is 0.0758. The van der Waals surface area contributed by atoms with Gasteiger partial charge >= 0.3 is 0 Å². The Kier molecular flexibility index (Phi) is 25.3. The van der Waals surface area contributed by atoms with Gasteiger partial charge in [0.15, 0.2) is 0 Å². The van der Waals surface area contributed by atoms with Gasteiger partial charge in [0.05, 0.1) is 11.8 Å². The summed E-state index contributed by atoms with van der Waals surface area (Å²) in [5, 5.41) is 3.53. The second-order valence-corrected chi connectivity index (χ2v) is 8.69. The van der Waals surface area contributed by atoms with Crippen molar-refractivity contribution in [2.24, 2.45) is 0 Å². The van der Waals surface area contributed by atoms with Crippen molar-refractivity contribution in [2.75, 3.05) is 27.7 Å². The Labute approximate surface area is 216 Å². The Hall–Kier alpha value is -1.50. The number of amides is 1. The summed E-state index contributed by atoms with van der Waals surface area (Å²) >= 11 is 1.43. The summed E-state index contributed by atoms with van der Waals surface area (Å²) in [6, 6.07) is 0.699. The molecule has 0 fully saturated rings. The van der Waals surface area contributed by atoms with E-state index in [1.165, 1.54) is 29.8 Å². The number of unbranched alkanes of at least 4 members (excludes halogenated alkanes) is 1. The smallest absolute Gasteiger partial charge is 0.263 e. The van der Waals surface area contributed by atoms with Crippen LogP contribution in [-0.2, 0) is 4.74 Å². The van der Waals surface area contributed by atoms with Crippen LogP contribution in [0.2, 0.25) is 0 Å². The van der Waals surface area contributed by atoms with Crippen molar-refractivity contribution in [1.82, 2.24) is 15.2 Å². The third kappa shape index (κ3) is 14.7. The van der Waals surface area contributed by atoms with Crippen molar-refractivity contribution in [3.05, 3.63) is 33.3 Å². The van der Waals surface area contributed by atoms with E-state index in [-0.39, 0.29) is 12.0 Å². The second kappa shape index (κ2) is 23.3. The van der Waals surface area contributed by atoms with Gasteiger partial charge in [-0.2, -0.15) is 0 Å². The first kappa shape index (κ1) is 37.1. The fourth-order valence-corrected chi connectivity index (χ4v) is 3.48. The van der Waals surface area contributed by atoms with Crippen LogP contribution in [0.3, 0.4) is 0 Å². The molecule has 5 nitrogen and oxygen atoms in total. The van der Waals surface area contributed by atoms with Crippen LogP contribution < -0.4 is 5.32 Å². The number of aromatic nitrogens is 1. The number of allylic oxidation sites excluding steroid dienone is 2. The predicted octanol–water partition coefficient (Wildman–Crippen LogP) is 7.76. The number of thiazole rings is 1. The highest BCUT2D eigenvalue weighted by Crippen LogP contribution is 2.30. The molecule has 200 valence electrons. The number of hydrogen-bond acceptors (Lipinski definition) is 5. The highest BCUT2D eigenvalue weighted by molar-refractivity contribution is 7.14. The van der Waals surface area contributed by atoms with E-state index >= 15 is 0 Å². The highest BCUT2D eigenvalue weighted by Gasteiger charge is 2.19. The molecule has 1 aliphatic carbocycles. The summed E-state index contributed by atoms with van der Waals surface area (Å²) < 4.78 is 5.38. The van der Waals surface area contributed by atoms with Gasteiger partial charge in [-0.3, -0.25) is 4.79 Å². The van der Waals surface area contributed by atoms with Gasteiger partial charge in [-0.1, -0.05) is 73.5 Å². The number of ether oxygens (including phenoxy) is 1. The molecule has 0 saturated carbocycles. The molecule has 1 aromatic heterocycles. The maximum absolute atomic E-state index is 11.7. The first-order valence-electron chi connectivity index (χ1n) is 13.0. The van der Waals surface area contributed by atoms with Crippen molar-refractivity contribution >= 4 is 22.8 Å². The molecule has 34 heavy (non-hydrogen) atoms. The maximum atomic E-state index is 11.7. The van der Waals surface area contributed by atoms with Crippen molar-refractivity contribution in [2.45, 2.75) is 108 Å². The normalized spacial score (nSPS) is 14.1. The number of carbonyl (C=O) groups excluding carboxylic acids is 1. The zero-order chi connectivity index (χ0) is 27.3. The number of rotatable bonds is 6. The molecular formula is C28H55N3O2S. The van der Waals surface area contributed by atoms with E-state index in [9.17, 15) is 4.79 Å². The fourth-order valence-electron chi connectivity index (χ4n) is 2.46. The van der Waals surface area contributed by atoms with E-state index in [0.29, 0.717) is 10.9 Å². The zero-order valence-corrected chi connectivity index (χ0v) is 25.6. The van der Waals surface area contributed by atoms with Gasteiger partial charge in [-0.25, -0.2) is 4.98 Å². The maximum Gasteiger partial charge on any atom is 0.263 e. The van der Waals surface area contributed by atoms with E-state index in [1.807, 2.05) is 34.6 Å². The van der Waals surface area contributed by atoms with Gasteiger partial charge in [0.2, 0.25) is 0 Å². The highest BCUT2D eigenvalue weighted by atomic mass is 32.1. The summed E-state index contributed by atoms with van der Waals surface area (Å²) in [4.78, 5) is 19.2. The summed E-state index contributed by atoms with van der Waals surface area (Å²) in [7, 11) is 5.48. The third-order valence-corrected chi connectivity index (χ3v) is 6.29. The van der Waals surface area contributed by atoms with Gasteiger partial charge < -0.3 is 15.0 Å². The first-order chi connectivity index (χ1) is 16.2. The van der Waals surface area contributed by atoms with Crippen LogP contribution in [0.1, 0.15) is 109 Å². The largest absolute Gasteiger partial charge is 0.377 e. The molecule has 1 atom stereocenters.